The molecule has 1 atom stereocenters. The van der Waals surface area contributed by atoms with E-state index < -0.39 is 0 Å². The number of hydrogen-bond donors (Lipinski definition) is 2. The lowest BCUT2D eigenvalue weighted by Crippen LogP contribution is -2.34. The molecule has 0 aliphatic carbocycles. The summed E-state index contributed by atoms with van der Waals surface area (Å²) in [7, 11) is 0. The first-order valence-corrected chi connectivity index (χ1v) is 5.27. The predicted molar refractivity (Wildman–Crippen MR) is 59.1 cm³/mol. The van der Waals surface area contributed by atoms with Gasteiger partial charge in [0.25, 0.3) is 0 Å². The lowest BCUT2D eigenvalue weighted by Gasteiger charge is -2.18. The first-order chi connectivity index (χ1) is 7.19. The van der Waals surface area contributed by atoms with Crippen LogP contribution in [0.25, 0.3) is 0 Å². The summed E-state index contributed by atoms with van der Waals surface area (Å²) in [6, 6.07) is -0.0534. The van der Waals surface area contributed by atoms with Gasteiger partial charge in [-0.25, -0.2) is 10.4 Å². The Hall–Kier alpha value is -0.910. The molecule has 1 unspecified atom stereocenters. The van der Waals surface area contributed by atoms with Crippen molar-refractivity contribution < 1.29 is 4.74 Å². The van der Waals surface area contributed by atoms with Crippen molar-refractivity contribution in [3.63, 3.8) is 0 Å². The van der Waals surface area contributed by atoms with E-state index in [-0.39, 0.29) is 12.1 Å². The molecule has 0 amide bonds. The van der Waals surface area contributed by atoms with Crippen LogP contribution in [-0.2, 0) is 11.3 Å². The molecule has 15 heavy (non-hydrogen) atoms. The van der Waals surface area contributed by atoms with Gasteiger partial charge in [-0.05, 0) is 20.8 Å². The number of nitrogens with zero attached hydrogens (tertiary/aromatic N) is 2. The van der Waals surface area contributed by atoms with E-state index >= 15 is 0 Å². The van der Waals surface area contributed by atoms with Crippen LogP contribution >= 0.6 is 0 Å². The normalized spacial score (nSPS) is 13.4. The van der Waals surface area contributed by atoms with Crippen LogP contribution in [0.2, 0.25) is 0 Å². The predicted octanol–water partition coefficient (Wildman–Crippen LogP) is 0.832. The lowest BCUT2D eigenvalue weighted by atomic mass is 10.3. The number of rotatable bonds is 6. The average Bonchev–Trinajstić information content (AvgIpc) is 2.66. The molecule has 0 aliphatic rings. The summed E-state index contributed by atoms with van der Waals surface area (Å²) in [5.74, 6) is 6.41. The highest BCUT2D eigenvalue weighted by Crippen LogP contribution is 2.11. The summed E-state index contributed by atoms with van der Waals surface area (Å²) in [6.45, 7) is 7.49. The molecule has 0 aromatic carbocycles. The minimum atomic E-state index is -0.0534. The van der Waals surface area contributed by atoms with E-state index in [1.807, 2.05) is 24.6 Å². The summed E-state index contributed by atoms with van der Waals surface area (Å²) in [5.41, 5.74) is 2.73. The SMILES string of the molecule is CCn1ccnc1C(COC(C)C)NN. The van der Waals surface area contributed by atoms with Crippen molar-refractivity contribution in [1.82, 2.24) is 15.0 Å². The highest BCUT2D eigenvalue weighted by molar-refractivity contribution is 4.99. The zero-order valence-corrected chi connectivity index (χ0v) is 9.60. The molecule has 86 valence electrons. The van der Waals surface area contributed by atoms with Gasteiger partial charge >= 0.3 is 0 Å². The van der Waals surface area contributed by atoms with Gasteiger partial charge in [0, 0.05) is 18.9 Å². The van der Waals surface area contributed by atoms with Crippen molar-refractivity contribution in [3.05, 3.63) is 18.2 Å². The van der Waals surface area contributed by atoms with Gasteiger partial charge in [-0.2, -0.15) is 0 Å². The number of imidazole rings is 1. The highest BCUT2D eigenvalue weighted by Gasteiger charge is 2.15. The fourth-order valence-electron chi connectivity index (χ4n) is 1.38. The number of nitrogens with one attached hydrogen (secondary N) is 1. The van der Waals surface area contributed by atoms with Gasteiger partial charge in [0.1, 0.15) is 11.9 Å². The minimum Gasteiger partial charge on any atom is -0.377 e. The van der Waals surface area contributed by atoms with E-state index in [1.54, 1.807) is 6.20 Å². The molecule has 0 aliphatic heterocycles. The van der Waals surface area contributed by atoms with Gasteiger partial charge in [0.2, 0.25) is 0 Å². The summed E-state index contributed by atoms with van der Waals surface area (Å²) in [5, 5.41) is 0. The Balaban J connectivity index is 2.65. The van der Waals surface area contributed by atoms with Gasteiger partial charge in [0.15, 0.2) is 0 Å². The van der Waals surface area contributed by atoms with Crippen molar-refractivity contribution in [2.24, 2.45) is 5.84 Å². The molecule has 1 heterocycles. The first kappa shape index (κ1) is 12.2. The van der Waals surface area contributed by atoms with E-state index in [9.17, 15) is 0 Å². The van der Waals surface area contributed by atoms with Crippen molar-refractivity contribution in [3.8, 4) is 0 Å². The van der Waals surface area contributed by atoms with Crippen LogP contribution < -0.4 is 11.3 Å². The van der Waals surface area contributed by atoms with E-state index in [1.165, 1.54) is 0 Å². The molecule has 0 bridgehead atoms. The second-order valence-corrected chi connectivity index (χ2v) is 3.67. The van der Waals surface area contributed by atoms with Crippen LogP contribution in [0, 0.1) is 0 Å². The molecule has 3 N–H and O–H groups in total. The molecular formula is C10H20N4O. The van der Waals surface area contributed by atoms with Gasteiger partial charge < -0.3 is 9.30 Å². The smallest absolute Gasteiger partial charge is 0.129 e. The largest absolute Gasteiger partial charge is 0.377 e. The van der Waals surface area contributed by atoms with Crippen molar-refractivity contribution >= 4 is 0 Å². The van der Waals surface area contributed by atoms with Crippen LogP contribution in [-0.4, -0.2) is 22.3 Å². The molecule has 1 aromatic heterocycles. The van der Waals surface area contributed by atoms with Crippen molar-refractivity contribution in [2.75, 3.05) is 6.61 Å². The first-order valence-electron chi connectivity index (χ1n) is 5.27. The van der Waals surface area contributed by atoms with Crippen LogP contribution in [0.5, 0.6) is 0 Å². The van der Waals surface area contributed by atoms with Gasteiger partial charge in [-0.15, -0.1) is 0 Å². The maximum Gasteiger partial charge on any atom is 0.129 e. The maximum atomic E-state index is 5.52. The van der Waals surface area contributed by atoms with E-state index in [0.717, 1.165) is 12.4 Å². The fraction of sp³-hybridized carbons (Fsp3) is 0.700. The van der Waals surface area contributed by atoms with Gasteiger partial charge in [0.05, 0.1) is 12.7 Å². The number of hydrazine groups is 1. The number of ether oxygens (including phenoxy) is 1. The molecule has 1 aromatic rings. The molecule has 0 fully saturated rings. The minimum absolute atomic E-state index is 0.0534. The quantitative estimate of drug-likeness (QED) is 0.541. The second kappa shape index (κ2) is 5.85. The maximum absolute atomic E-state index is 5.52. The average molecular weight is 212 g/mol. The molecule has 5 heteroatoms. The van der Waals surface area contributed by atoms with Gasteiger partial charge in [-0.3, -0.25) is 5.84 Å². The molecule has 0 saturated carbocycles. The number of nitrogens with two attached hydrogens (primary N) is 1. The Kier molecular flexibility index (Phi) is 4.74. The van der Waals surface area contributed by atoms with E-state index in [2.05, 4.69) is 17.3 Å². The Morgan fingerprint density at radius 2 is 2.33 bits per heavy atom. The molecule has 0 spiro atoms. The van der Waals surface area contributed by atoms with Crippen LogP contribution in [0.15, 0.2) is 12.4 Å². The molecule has 0 saturated heterocycles. The standard InChI is InChI=1S/C10H20N4O/c1-4-14-6-5-12-10(14)9(13-11)7-15-8(2)3/h5-6,8-9,13H,4,7,11H2,1-3H3. The summed E-state index contributed by atoms with van der Waals surface area (Å²) in [4.78, 5) is 4.28. The van der Waals surface area contributed by atoms with E-state index in [4.69, 9.17) is 10.6 Å². The number of hydrogen-bond acceptors (Lipinski definition) is 4. The molecule has 0 radical (unpaired) electrons. The number of aromatic nitrogens is 2. The van der Waals surface area contributed by atoms with Crippen LogP contribution in [0.1, 0.15) is 32.6 Å². The zero-order chi connectivity index (χ0) is 11.3. The van der Waals surface area contributed by atoms with Crippen LogP contribution in [0.3, 0.4) is 0 Å². The third kappa shape index (κ3) is 3.30. The Bertz CT molecular complexity index is 285. The van der Waals surface area contributed by atoms with E-state index in [0.29, 0.717) is 6.61 Å². The molecular weight excluding hydrogens is 192 g/mol. The Morgan fingerprint density at radius 1 is 1.60 bits per heavy atom. The van der Waals surface area contributed by atoms with Crippen LogP contribution in [0.4, 0.5) is 0 Å². The summed E-state index contributed by atoms with van der Waals surface area (Å²) in [6.07, 6.45) is 3.92. The third-order valence-electron chi connectivity index (χ3n) is 2.20. The fourth-order valence-corrected chi connectivity index (χ4v) is 1.38. The topological polar surface area (TPSA) is 65.1 Å². The third-order valence-corrected chi connectivity index (χ3v) is 2.20. The monoisotopic (exact) mass is 212 g/mol. The molecule has 5 nitrogen and oxygen atoms in total. The Morgan fingerprint density at radius 3 is 2.87 bits per heavy atom. The lowest BCUT2D eigenvalue weighted by molar-refractivity contribution is 0.0588. The second-order valence-electron chi connectivity index (χ2n) is 3.67. The summed E-state index contributed by atoms with van der Waals surface area (Å²) < 4.78 is 7.57. The molecule has 1 rings (SSSR count). The Labute approximate surface area is 90.6 Å². The highest BCUT2D eigenvalue weighted by atomic mass is 16.5. The van der Waals surface area contributed by atoms with Gasteiger partial charge in [-0.1, -0.05) is 0 Å². The van der Waals surface area contributed by atoms with Crippen molar-refractivity contribution in [1.29, 1.82) is 0 Å². The van der Waals surface area contributed by atoms with Crippen molar-refractivity contribution in [2.45, 2.75) is 39.5 Å². The summed E-state index contributed by atoms with van der Waals surface area (Å²) >= 11 is 0. The number of aryl methyl sites for hydroxylation is 1. The zero-order valence-electron chi connectivity index (χ0n) is 9.60.